The van der Waals surface area contributed by atoms with Gasteiger partial charge in [0.05, 0.1) is 0 Å². The molecule has 0 aliphatic carbocycles. The average molecular weight is 176 g/mol. The molecule has 0 bridgehead atoms. The summed E-state index contributed by atoms with van der Waals surface area (Å²) in [6, 6.07) is 0. The van der Waals surface area contributed by atoms with Gasteiger partial charge in [-0.25, -0.2) is 0 Å². The number of nitrogens with two attached hydrogens (primary N) is 1. The molecule has 0 radical (unpaired) electrons. The van der Waals surface area contributed by atoms with Gasteiger partial charge in [0.25, 0.3) is 0 Å². The minimum atomic E-state index is 0.791. The number of halogens is 1. The first-order chi connectivity index (χ1) is 3.66. The van der Waals surface area contributed by atoms with Crippen LogP contribution in [0, 0.1) is 0 Å². The fourth-order valence-corrected chi connectivity index (χ4v) is 0.577. The van der Waals surface area contributed by atoms with Gasteiger partial charge in [-0.2, -0.15) is 0 Å². The highest BCUT2D eigenvalue weighted by molar-refractivity contribution is 9.11. The van der Waals surface area contributed by atoms with E-state index in [1.807, 2.05) is 26.0 Å². The monoisotopic (exact) mass is 175 g/mol. The summed E-state index contributed by atoms with van der Waals surface area (Å²) in [6.07, 6.45) is 3.71. The van der Waals surface area contributed by atoms with Crippen molar-refractivity contribution in [2.45, 2.75) is 13.8 Å². The van der Waals surface area contributed by atoms with E-state index in [1.54, 1.807) is 0 Å². The molecule has 0 rings (SSSR count). The van der Waals surface area contributed by atoms with Crippen LogP contribution in [0.4, 0.5) is 0 Å². The van der Waals surface area contributed by atoms with Crippen LogP contribution in [0.2, 0.25) is 0 Å². The Bertz CT molecular complexity index is 120. The molecule has 2 heteroatoms. The Hall–Kier alpha value is -0.240. The molecule has 2 N–H and O–H groups in total. The Morgan fingerprint density at radius 1 is 1.62 bits per heavy atom. The van der Waals surface area contributed by atoms with E-state index in [2.05, 4.69) is 15.9 Å². The second-order valence-corrected chi connectivity index (χ2v) is 2.77. The summed E-state index contributed by atoms with van der Waals surface area (Å²) in [4.78, 5) is 0. The van der Waals surface area contributed by atoms with Crippen LogP contribution < -0.4 is 5.73 Å². The molecule has 0 aromatic carbocycles. The smallest absolute Gasteiger partial charge is 0.0278 e. The zero-order valence-corrected chi connectivity index (χ0v) is 6.70. The predicted molar refractivity (Wildman–Crippen MR) is 40.6 cm³/mol. The largest absolute Gasteiger partial charge is 0.399 e. The lowest BCUT2D eigenvalue weighted by molar-refractivity contribution is 1.38. The van der Waals surface area contributed by atoms with Crippen molar-refractivity contribution in [2.24, 2.45) is 5.73 Å². The van der Waals surface area contributed by atoms with Gasteiger partial charge < -0.3 is 5.73 Å². The third-order valence-corrected chi connectivity index (χ3v) is 0.928. The first kappa shape index (κ1) is 7.76. The molecule has 8 heavy (non-hydrogen) atoms. The Morgan fingerprint density at radius 2 is 2.12 bits per heavy atom. The van der Waals surface area contributed by atoms with Crippen LogP contribution >= 0.6 is 15.9 Å². The number of allylic oxidation sites excluding steroid dienone is 3. The highest BCUT2D eigenvalue weighted by Gasteiger charge is 1.79. The SMILES string of the molecule is C/C=C(N)\C=C(/C)Br. The molecule has 0 fully saturated rings. The first-order valence-corrected chi connectivity index (χ1v) is 3.21. The Morgan fingerprint density at radius 3 is 2.25 bits per heavy atom. The summed E-state index contributed by atoms with van der Waals surface area (Å²) in [5, 5.41) is 0. The maximum atomic E-state index is 5.43. The predicted octanol–water partition coefficient (Wildman–Crippen LogP) is 2.15. The average Bonchev–Trinajstić information content (AvgIpc) is 1.65. The van der Waals surface area contributed by atoms with Gasteiger partial charge in [0.1, 0.15) is 0 Å². The van der Waals surface area contributed by atoms with Crippen LogP contribution in [0.15, 0.2) is 22.3 Å². The molecule has 0 amide bonds. The van der Waals surface area contributed by atoms with Crippen LogP contribution in [-0.2, 0) is 0 Å². The molecule has 0 saturated heterocycles. The van der Waals surface area contributed by atoms with E-state index < -0.39 is 0 Å². The molecule has 0 aromatic heterocycles. The van der Waals surface area contributed by atoms with Gasteiger partial charge in [-0.05, 0) is 24.4 Å². The van der Waals surface area contributed by atoms with E-state index in [0.717, 1.165) is 10.2 Å². The van der Waals surface area contributed by atoms with E-state index in [1.165, 1.54) is 0 Å². The number of rotatable bonds is 1. The van der Waals surface area contributed by atoms with Crippen LogP contribution in [0.3, 0.4) is 0 Å². The number of hydrogen-bond acceptors (Lipinski definition) is 1. The zero-order chi connectivity index (χ0) is 6.57. The summed E-state index contributed by atoms with van der Waals surface area (Å²) in [5.41, 5.74) is 6.22. The van der Waals surface area contributed by atoms with Crippen molar-refractivity contribution in [3.05, 3.63) is 22.3 Å². The summed E-state index contributed by atoms with van der Waals surface area (Å²) in [7, 11) is 0. The molecule has 0 aromatic rings. The maximum Gasteiger partial charge on any atom is 0.0278 e. The van der Waals surface area contributed by atoms with Gasteiger partial charge >= 0.3 is 0 Å². The molecular formula is C6H10BrN. The van der Waals surface area contributed by atoms with Crippen molar-refractivity contribution in [2.75, 3.05) is 0 Å². The van der Waals surface area contributed by atoms with Crippen molar-refractivity contribution in [3.63, 3.8) is 0 Å². The normalized spacial score (nSPS) is 14.4. The lowest BCUT2D eigenvalue weighted by Gasteiger charge is -1.87. The minimum absolute atomic E-state index is 0.791. The van der Waals surface area contributed by atoms with Crippen molar-refractivity contribution >= 4 is 15.9 Å². The van der Waals surface area contributed by atoms with Crippen LogP contribution in [0.5, 0.6) is 0 Å². The maximum absolute atomic E-state index is 5.43. The van der Waals surface area contributed by atoms with E-state index in [9.17, 15) is 0 Å². The second kappa shape index (κ2) is 3.72. The molecule has 46 valence electrons. The van der Waals surface area contributed by atoms with Gasteiger partial charge in [-0.15, -0.1) is 0 Å². The van der Waals surface area contributed by atoms with Crippen LogP contribution in [0.25, 0.3) is 0 Å². The second-order valence-electron chi connectivity index (χ2n) is 1.52. The summed E-state index contributed by atoms with van der Waals surface area (Å²) >= 11 is 3.26. The molecule has 0 unspecified atom stereocenters. The Balaban J connectivity index is 3.89. The lowest BCUT2D eigenvalue weighted by atomic mass is 10.4. The topological polar surface area (TPSA) is 26.0 Å². The molecule has 0 spiro atoms. The molecule has 1 nitrogen and oxygen atoms in total. The quantitative estimate of drug-likeness (QED) is 0.608. The van der Waals surface area contributed by atoms with Gasteiger partial charge in [0.2, 0.25) is 0 Å². The van der Waals surface area contributed by atoms with Crippen molar-refractivity contribution in [1.29, 1.82) is 0 Å². The molecule has 0 aliphatic heterocycles. The van der Waals surface area contributed by atoms with Crippen LogP contribution in [0.1, 0.15) is 13.8 Å². The molecular weight excluding hydrogens is 166 g/mol. The van der Waals surface area contributed by atoms with Gasteiger partial charge in [-0.3, -0.25) is 0 Å². The Kier molecular flexibility index (Phi) is 3.61. The molecule has 0 aliphatic rings. The Labute approximate surface area is 58.4 Å². The van der Waals surface area contributed by atoms with E-state index in [0.29, 0.717) is 0 Å². The highest BCUT2D eigenvalue weighted by atomic mass is 79.9. The first-order valence-electron chi connectivity index (χ1n) is 2.42. The zero-order valence-electron chi connectivity index (χ0n) is 5.11. The third kappa shape index (κ3) is 3.93. The van der Waals surface area contributed by atoms with Gasteiger partial charge in [0.15, 0.2) is 0 Å². The minimum Gasteiger partial charge on any atom is -0.399 e. The van der Waals surface area contributed by atoms with E-state index in [-0.39, 0.29) is 0 Å². The van der Waals surface area contributed by atoms with Crippen molar-refractivity contribution < 1.29 is 0 Å². The highest BCUT2D eigenvalue weighted by Crippen LogP contribution is 2.03. The third-order valence-electron chi connectivity index (χ3n) is 0.699. The van der Waals surface area contributed by atoms with Gasteiger partial charge in [-0.1, -0.05) is 22.0 Å². The van der Waals surface area contributed by atoms with Crippen LogP contribution in [-0.4, -0.2) is 0 Å². The summed E-state index contributed by atoms with van der Waals surface area (Å²) in [6.45, 7) is 3.85. The number of hydrogen-bond donors (Lipinski definition) is 1. The summed E-state index contributed by atoms with van der Waals surface area (Å²) in [5.74, 6) is 0. The fourth-order valence-electron chi connectivity index (χ4n) is 0.313. The van der Waals surface area contributed by atoms with Crippen molar-refractivity contribution in [3.8, 4) is 0 Å². The lowest BCUT2D eigenvalue weighted by Crippen LogP contribution is -1.90. The van der Waals surface area contributed by atoms with E-state index in [4.69, 9.17) is 5.73 Å². The molecule has 0 heterocycles. The van der Waals surface area contributed by atoms with Crippen molar-refractivity contribution in [1.82, 2.24) is 0 Å². The standard InChI is InChI=1S/C6H10BrN/c1-3-6(8)4-5(2)7/h3-4H,8H2,1-2H3/b5-4+,6-3+. The van der Waals surface area contributed by atoms with Gasteiger partial charge in [0, 0.05) is 5.70 Å². The van der Waals surface area contributed by atoms with E-state index >= 15 is 0 Å². The molecule has 0 atom stereocenters. The summed E-state index contributed by atoms with van der Waals surface area (Å²) < 4.78 is 1.05. The fraction of sp³-hybridized carbons (Fsp3) is 0.333. The molecule has 0 saturated carbocycles.